The van der Waals surface area contributed by atoms with Crippen molar-refractivity contribution < 1.29 is 0 Å². The van der Waals surface area contributed by atoms with Crippen LogP contribution in [-0.4, -0.2) is 30.6 Å². The summed E-state index contributed by atoms with van der Waals surface area (Å²) >= 11 is 0. The lowest BCUT2D eigenvalue weighted by Gasteiger charge is -2.44. The Labute approximate surface area is 126 Å². The molecule has 2 N–H and O–H groups in total. The normalized spacial score (nSPS) is 29.4. The van der Waals surface area contributed by atoms with E-state index in [1.165, 1.54) is 70.9 Å². The molecule has 20 heavy (non-hydrogen) atoms. The van der Waals surface area contributed by atoms with E-state index in [0.717, 1.165) is 30.3 Å². The van der Waals surface area contributed by atoms with Gasteiger partial charge in [-0.2, -0.15) is 0 Å². The predicted octanol–water partition coefficient (Wildman–Crippen LogP) is 4.04. The van der Waals surface area contributed by atoms with Crippen molar-refractivity contribution in [2.75, 3.05) is 19.6 Å². The highest BCUT2D eigenvalue weighted by Crippen LogP contribution is 2.35. The molecule has 0 aromatic heterocycles. The molecule has 0 spiro atoms. The summed E-state index contributed by atoms with van der Waals surface area (Å²) in [5, 5.41) is 0. The highest BCUT2D eigenvalue weighted by molar-refractivity contribution is 4.87. The van der Waals surface area contributed by atoms with Crippen LogP contribution in [0.4, 0.5) is 0 Å². The van der Waals surface area contributed by atoms with Crippen molar-refractivity contribution in [1.29, 1.82) is 0 Å². The van der Waals surface area contributed by atoms with E-state index in [0.29, 0.717) is 0 Å². The molecule has 0 amide bonds. The summed E-state index contributed by atoms with van der Waals surface area (Å²) in [6.07, 6.45) is 12.9. The Morgan fingerprint density at radius 1 is 1.05 bits per heavy atom. The number of hydrogen-bond donors (Lipinski definition) is 1. The molecule has 2 fully saturated rings. The minimum Gasteiger partial charge on any atom is -0.330 e. The van der Waals surface area contributed by atoms with E-state index in [4.69, 9.17) is 5.73 Å². The minimum atomic E-state index is 0.794. The fourth-order valence-corrected chi connectivity index (χ4v) is 4.59. The van der Waals surface area contributed by atoms with Crippen molar-refractivity contribution >= 4 is 0 Å². The van der Waals surface area contributed by atoms with Crippen molar-refractivity contribution in [3.8, 4) is 0 Å². The van der Waals surface area contributed by atoms with Gasteiger partial charge in [0.15, 0.2) is 0 Å². The smallest absolute Gasteiger partial charge is 0.0123 e. The Morgan fingerprint density at radius 3 is 2.55 bits per heavy atom. The zero-order valence-electron chi connectivity index (χ0n) is 13.8. The average Bonchev–Trinajstić information content (AvgIpc) is 2.46. The summed E-state index contributed by atoms with van der Waals surface area (Å²) in [7, 11) is 0. The molecule has 3 atom stereocenters. The first-order chi connectivity index (χ1) is 9.72. The number of nitrogens with two attached hydrogens (primary N) is 1. The van der Waals surface area contributed by atoms with Gasteiger partial charge >= 0.3 is 0 Å². The van der Waals surface area contributed by atoms with Crippen LogP contribution >= 0.6 is 0 Å². The first-order valence-corrected chi connectivity index (χ1v) is 9.16. The molecule has 118 valence electrons. The lowest BCUT2D eigenvalue weighted by atomic mass is 9.78. The van der Waals surface area contributed by atoms with Crippen LogP contribution in [0.1, 0.15) is 71.6 Å². The van der Waals surface area contributed by atoms with Gasteiger partial charge in [0.2, 0.25) is 0 Å². The molecule has 0 aromatic rings. The topological polar surface area (TPSA) is 29.3 Å². The van der Waals surface area contributed by atoms with E-state index in [2.05, 4.69) is 18.7 Å². The van der Waals surface area contributed by atoms with Gasteiger partial charge in [0.1, 0.15) is 0 Å². The maximum absolute atomic E-state index is 5.76. The second-order valence-corrected chi connectivity index (χ2v) is 7.51. The number of nitrogens with zero attached hydrogens (tertiary/aromatic N) is 1. The average molecular weight is 280 g/mol. The van der Waals surface area contributed by atoms with Crippen molar-refractivity contribution in [2.45, 2.75) is 77.7 Å². The lowest BCUT2D eigenvalue weighted by Crippen LogP contribution is -2.47. The summed E-state index contributed by atoms with van der Waals surface area (Å²) < 4.78 is 0. The van der Waals surface area contributed by atoms with Gasteiger partial charge in [0.05, 0.1) is 0 Å². The quantitative estimate of drug-likeness (QED) is 0.762. The Balaban J connectivity index is 1.74. The van der Waals surface area contributed by atoms with Crippen LogP contribution in [0.3, 0.4) is 0 Å². The third-order valence-electron chi connectivity index (χ3n) is 5.86. The number of fused-ring (bicyclic) bond motifs is 1. The van der Waals surface area contributed by atoms with Gasteiger partial charge < -0.3 is 10.6 Å². The van der Waals surface area contributed by atoms with Gasteiger partial charge in [-0.25, -0.2) is 0 Å². The standard InChI is InChI=1S/C18H36N2/c1-15(2)16(11-12-19)8-5-13-20-14-6-9-17-7-3-4-10-18(17)20/h15-18H,3-14,19H2,1-2H3. The van der Waals surface area contributed by atoms with Gasteiger partial charge in [0.25, 0.3) is 0 Å². The molecule has 1 heterocycles. The molecule has 2 nitrogen and oxygen atoms in total. The number of rotatable bonds is 7. The van der Waals surface area contributed by atoms with Crippen molar-refractivity contribution in [2.24, 2.45) is 23.5 Å². The summed E-state index contributed by atoms with van der Waals surface area (Å²) in [6.45, 7) is 8.29. The summed E-state index contributed by atoms with van der Waals surface area (Å²) in [5.41, 5.74) is 5.76. The third kappa shape index (κ3) is 4.46. The van der Waals surface area contributed by atoms with Crippen LogP contribution in [0.15, 0.2) is 0 Å². The molecule has 0 bridgehead atoms. The van der Waals surface area contributed by atoms with Crippen LogP contribution in [0, 0.1) is 17.8 Å². The molecule has 1 aliphatic heterocycles. The molecule has 1 saturated heterocycles. The highest BCUT2D eigenvalue weighted by atomic mass is 15.2. The van der Waals surface area contributed by atoms with Crippen molar-refractivity contribution in [3.05, 3.63) is 0 Å². The van der Waals surface area contributed by atoms with Gasteiger partial charge in [0, 0.05) is 6.04 Å². The van der Waals surface area contributed by atoms with Crippen LogP contribution in [0.25, 0.3) is 0 Å². The molecule has 2 aliphatic rings. The van der Waals surface area contributed by atoms with E-state index >= 15 is 0 Å². The summed E-state index contributed by atoms with van der Waals surface area (Å²) in [4.78, 5) is 2.84. The van der Waals surface area contributed by atoms with Crippen LogP contribution in [0.2, 0.25) is 0 Å². The molecule has 2 rings (SSSR count). The minimum absolute atomic E-state index is 0.794. The van der Waals surface area contributed by atoms with Crippen molar-refractivity contribution in [3.63, 3.8) is 0 Å². The summed E-state index contributed by atoms with van der Waals surface area (Å²) in [5.74, 6) is 2.66. The Kier molecular flexibility index (Phi) is 6.83. The molecular weight excluding hydrogens is 244 g/mol. The Bertz CT molecular complexity index is 262. The van der Waals surface area contributed by atoms with E-state index in [1.807, 2.05) is 0 Å². The highest BCUT2D eigenvalue weighted by Gasteiger charge is 2.32. The second-order valence-electron chi connectivity index (χ2n) is 7.51. The SMILES string of the molecule is CC(C)C(CCN)CCCN1CCCC2CCCCC21. The van der Waals surface area contributed by atoms with Crippen LogP contribution in [0.5, 0.6) is 0 Å². The zero-order valence-corrected chi connectivity index (χ0v) is 13.8. The predicted molar refractivity (Wildman–Crippen MR) is 87.8 cm³/mol. The second kappa shape index (κ2) is 8.38. The Hall–Kier alpha value is -0.0800. The van der Waals surface area contributed by atoms with Gasteiger partial charge in [-0.1, -0.05) is 26.7 Å². The Morgan fingerprint density at radius 2 is 1.80 bits per heavy atom. The van der Waals surface area contributed by atoms with Gasteiger partial charge in [-0.15, -0.1) is 0 Å². The van der Waals surface area contributed by atoms with E-state index in [1.54, 1.807) is 0 Å². The molecule has 1 saturated carbocycles. The molecule has 0 radical (unpaired) electrons. The zero-order chi connectivity index (χ0) is 14.4. The number of likely N-dealkylation sites (tertiary alicyclic amines) is 1. The monoisotopic (exact) mass is 280 g/mol. The maximum atomic E-state index is 5.76. The van der Waals surface area contributed by atoms with E-state index in [-0.39, 0.29) is 0 Å². The van der Waals surface area contributed by atoms with E-state index < -0.39 is 0 Å². The number of piperidine rings is 1. The first kappa shape index (κ1) is 16.3. The fourth-order valence-electron chi connectivity index (χ4n) is 4.59. The molecular formula is C18H36N2. The lowest BCUT2D eigenvalue weighted by molar-refractivity contribution is 0.0580. The molecule has 2 heteroatoms. The summed E-state index contributed by atoms with van der Waals surface area (Å²) in [6, 6.07) is 0.935. The molecule has 3 unspecified atom stereocenters. The largest absolute Gasteiger partial charge is 0.330 e. The van der Waals surface area contributed by atoms with Crippen molar-refractivity contribution in [1.82, 2.24) is 4.90 Å². The van der Waals surface area contributed by atoms with Crippen LogP contribution in [-0.2, 0) is 0 Å². The van der Waals surface area contributed by atoms with E-state index in [9.17, 15) is 0 Å². The maximum Gasteiger partial charge on any atom is 0.0123 e. The fraction of sp³-hybridized carbons (Fsp3) is 1.00. The molecule has 1 aliphatic carbocycles. The molecule has 0 aromatic carbocycles. The third-order valence-corrected chi connectivity index (χ3v) is 5.86. The first-order valence-electron chi connectivity index (χ1n) is 9.16. The van der Waals surface area contributed by atoms with Crippen LogP contribution < -0.4 is 5.73 Å². The van der Waals surface area contributed by atoms with Gasteiger partial charge in [-0.3, -0.25) is 0 Å². The number of hydrogen-bond acceptors (Lipinski definition) is 2. The van der Waals surface area contributed by atoms with Gasteiger partial charge in [-0.05, 0) is 82.3 Å².